The average Bonchev–Trinajstić information content (AvgIpc) is 2.51. The van der Waals surface area contributed by atoms with Crippen LogP contribution >= 0.6 is 11.6 Å². The molecule has 2 N–H and O–H groups in total. The van der Waals surface area contributed by atoms with Crippen LogP contribution in [0.25, 0.3) is 0 Å². The quantitative estimate of drug-likeness (QED) is 0.870. The Kier molecular flexibility index (Phi) is 5.48. The van der Waals surface area contributed by atoms with E-state index in [9.17, 15) is 4.79 Å². The van der Waals surface area contributed by atoms with E-state index in [4.69, 9.17) is 17.3 Å². The van der Waals surface area contributed by atoms with Crippen LogP contribution in [0.1, 0.15) is 37.0 Å². The molecule has 0 atom stereocenters. The van der Waals surface area contributed by atoms with E-state index in [0.717, 1.165) is 39.0 Å². The number of nitrogens with zero attached hydrogens (tertiary/aromatic N) is 2. The number of rotatable bonds is 4. The Morgan fingerprint density at radius 2 is 1.95 bits per heavy atom. The van der Waals surface area contributed by atoms with Gasteiger partial charge in [-0.15, -0.1) is 0 Å². The van der Waals surface area contributed by atoms with E-state index >= 15 is 0 Å². The van der Waals surface area contributed by atoms with Gasteiger partial charge in [0.15, 0.2) is 0 Å². The van der Waals surface area contributed by atoms with Crippen LogP contribution in [0.3, 0.4) is 0 Å². The van der Waals surface area contributed by atoms with Crippen molar-refractivity contribution in [1.29, 1.82) is 0 Å². The smallest absolute Gasteiger partial charge is 0.255 e. The highest BCUT2D eigenvalue weighted by molar-refractivity contribution is 6.36. The summed E-state index contributed by atoms with van der Waals surface area (Å²) in [5.41, 5.74) is 6.75. The molecule has 0 radical (unpaired) electrons. The van der Waals surface area contributed by atoms with Crippen LogP contribution in [0, 0.1) is 0 Å². The number of halogens is 1. The molecule has 116 valence electrons. The number of amides is 1. The van der Waals surface area contributed by atoms with Crippen molar-refractivity contribution in [2.45, 2.75) is 32.7 Å². The summed E-state index contributed by atoms with van der Waals surface area (Å²) < 4.78 is 0. The monoisotopic (exact) mass is 309 g/mol. The molecule has 0 saturated carbocycles. The first-order valence-corrected chi connectivity index (χ1v) is 8.03. The average molecular weight is 310 g/mol. The first-order valence-electron chi connectivity index (χ1n) is 7.65. The predicted molar refractivity (Wildman–Crippen MR) is 87.7 cm³/mol. The third-order valence-corrected chi connectivity index (χ3v) is 4.76. The van der Waals surface area contributed by atoms with Crippen molar-refractivity contribution in [3.8, 4) is 0 Å². The van der Waals surface area contributed by atoms with Gasteiger partial charge in [0.25, 0.3) is 5.91 Å². The van der Waals surface area contributed by atoms with Crippen LogP contribution in [0.4, 0.5) is 5.69 Å². The zero-order valence-electron chi connectivity index (χ0n) is 12.8. The first-order chi connectivity index (χ1) is 10.1. The van der Waals surface area contributed by atoms with Gasteiger partial charge < -0.3 is 15.5 Å². The van der Waals surface area contributed by atoms with Gasteiger partial charge in [-0.1, -0.05) is 31.5 Å². The molecule has 21 heavy (non-hydrogen) atoms. The summed E-state index contributed by atoms with van der Waals surface area (Å²) in [5, 5.41) is 0.369. The van der Waals surface area contributed by atoms with Crippen molar-refractivity contribution in [1.82, 2.24) is 9.80 Å². The molecule has 0 spiro atoms. The Labute approximate surface area is 131 Å². The molecule has 0 aliphatic carbocycles. The third kappa shape index (κ3) is 3.50. The van der Waals surface area contributed by atoms with E-state index in [0.29, 0.717) is 22.3 Å². The van der Waals surface area contributed by atoms with Crippen LogP contribution in [-0.2, 0) is 0 Å². The number of hydrogen-bond acceptors (Lipinski definition) is 3. The Balaban J connectivity index is 2.02. The number of likely N-dealkylation sites (tertiary alicyclic amines) is 1. The van der Waals surface area contributed by atoms with Crippen LogP contribution in [-0.4, -0.2) is 47.9 Å². The van der Waals surface area contributed by atoms with Crippen molar-refractivity contribution < 1.29 is 4.79 Å². The minimum absolute atomic E-state index is 0.00898. The van der Waals surface area contributed by atoms with Gasteiger partial charge in [0, 0.05) is 19.1 Å². The highest BCUT2D eigenvalue weighted by Crippen LogP contribution is 2.26. The summed E-state index contributed by atoms with van der Waals surface area (Å²) in [4.78, 5) is 16.9. The Morgan fingerprint density at radius 1 is 1.33 bits per heavy atom. The Bertz CT molecular complexity index is 494. The zero-order chi connectivity index (χ0) is 15.4. The van der Waals surface area contributed by atoms with Gasteiger partial charge in [-0.2, -0.15) is 0 Å². The lowest BCUT2D eigenvalue weighted by Gasteiger charge is -2.37. The van der Waals surface area contributed by atoms with Crippen molar-refractivity contribution in [2.75, 3.05) is 31.9 Å². The molecule has 1 fully saturated rings. The maximum absolute atomic E-state index is 12.6. The summed E-state index contributed by atoms with van der Waals surface area (Å²) in [7, 11) is 0. The lowest BCUT2D eigenvalue weighted by atomic mass is 10.0. The number of carbonyl (C=O) groups excluding carboxylic acids is 1. The molecule has 1 aromatic rings. The Morgan fingerprint density at radius 3 is 2.52 bits per heavy atom. The summed E-state index contributed by atoms with van der Waals surface area (Å²) >= 11 is 6.15. The lowest BCUT2D eigenvalue weighted by Crippen LogP contribution is -2.46. The van der Waals surface area contributed by atoms with Gasteiger partial charge >= 0.3 is 0 Å². The molecular formula is C16H24ClN3O. The van der Waals surface area contributed by atoms with E-state index in [-0.39, 0.29) is 5.91 Å². The molecule has 0 unspecified atom stereocenters. The van der Waals surface area contributed by atoms with E-state index in [1.165, 1.54) is 0 Å². The number of nitrogen functional groups attached to an aromatic ring is 1. The normalized spacial score (nSPS) is 16.5. The van der Waals surface area contributed by atoms with Gasteiger partial charge in [-0.3, -0.25) is 4.79 Å². The maximum atomic E-state index is 12.6. The number of hydrogen-bond donors (Lipinski definition) is 1. The molecule has 1 heterocycles. The zero-order valence-corrected chi connectivity index (χ0v) is 13.6. The summed E-state index contributed by atoms with van der Waals surface area (Å²) in [5.74, 6) is -0.00898. The fraction of sp³-hybridized carbons (Fsp3) is 0.562. The fourth-order valence-corrected chi connectivity index (χ4v) is 3.27. The molecule has 1 saturated heterocycles. The van der Waals surface area contributed by atoms with E-state index in [2.05, 4.69) is 18.7 Å². The number of piperidine rings is 1. The van der Waals surface area contributed by atoms with Crippen LogP contribution in [0.15, 0.2) is 18.2 Å². The first kappa shape index (κ1) is 16.1. The number of benzene rings is 1. The molecule has 1 aromatic carbocycles. The molecule has 1 aliphatic rings. The molecule has 5 heteroatoms. The molecule has 1 aliphatic heterocycles. The summed E-state index contributed by atoms with van der Waals surface area (Å²) in [6.45, 7) is 8.07. The second-order valence-corrected chi connectivity index (χ2v) is 5.83. The summed E-state index contributed by atoms with van der Waals surface area (Å²) in [6.07, 6.45) is 2.04. The lowest BCUT2D eigenvalue weighted by molar-refractivity contribution is 0.0631. The maximum Gasteiger partial charge on any atom is 0.255 e. The minimum Gasteiger partial charge on any atom is -0.398 e. The topological polar surface area (TPSA) is 49.6 Å². The van der Waals surface area contributed by atoms with E-state index in [1.54, 1.807) is 18.2 Å². The largest absolute Gasteiger partial charge is 0.398 e. The third-order valence-electron chi connectivity index (χ3n) is 4.34. The second kappa shape index (κ2) is 7.14. The highest BCUT2D eigenvalue weighted by Gasteiger charge is 2.27. The van der Waals surface area contributed by atoms with Crippen molar-refractivity contribution >= 4 is 23.2 Å². The van der Waals surface area contributed by atoms with Gasteiger partial charge in [0.2, 0.25) is 0 Å². The molecule has 1 amide bonds. The number of nitrogens with two attached hydrogens (primary N) is 1. The predicted octanol–water partition coefficient (Wildman–Crippen LogP) is 2.87. The number of anilines is 1. The number of carbonyl (C=O) groups is 1. The van der Waals surface area contributed by atoms with Gasteiger partial charge in [0.1, 0.15) is 0 Å². The van der Waals surface area contributed by atoms with Gasteiger partial charge in [-0.05, 0) is 38.1 Å². The minimum atomic E-state index is -0.00898. The second-order valence-electron chi connectivity index (χ2n) is 5.45. The standard InChI is InChI=1S/C16H24ClN3O/c1-3-19(4-2)12-8-10-20(11-9-12)16(21)13-6-5-7-14(18)15(13)17/h5-7,12H,3-4,8-11,18H2,1-2H3. The van der Waals surface area contributed by atoms with Crippen LogP contribution in [0.5, 0.6) is 0 Å². The molecular weight excluding hydrogens is 286 g/mol. The Hall–Kier alpha value is -1.26. The van der Waals surface area contributed by atoms with Gasteiger partial charge in [-0.25, -0.2) is 0 Å². The molecule has 2 rings (SSSR count). The molecule has 0 aromatic heterocycles. The SMILES string of the molecule is CCN(CC)C1CCN(C(=O)c2cccc(N)c2Cl)CC1. The van der Waals surface area contributed by atoms with Gasteiger partial charge in [0.05, 0.1) is 16.3 Å². The van der Waals surface area contributed by atoms with Crippen LogP contribution < -0.4 is 5.73 Å². The van der Waals surface area contributed by atoms with Crippen LogP contribution in [0.2, 0.25) is 5.02 Å². The van der Waals surface area contributed by atoms with E-state index < -0.39 is 0 Å². The molecule has 4 nitrogen and oxygen atoms in total. The van der Waals surface area contributed by atoms with Crippen molar-refractivity contribution in [3.63, 3.8) is 0 Å². The molecule has 0 bridgehead atoms. The highest BCUT2D eigenvalue weighted by atomic mass is 35.5. The fourth-order valence-electron chi connectivity index (χ4n) is 3.06. The summed E-state index contributed by atoms with van der Waals surface area (Å²) in [6, 6.07) is 5.82. The van der Waals surface area contributed by atoms with Crippen molar-refractivity contribution in [3.05, 3.63) is 28.8 Å². The van der Waals surface area contributed by atoms with Crippen molar-refractivity contribution in [2.24, 2.45) is 0 Å². The van der Waals surface area contributed by atoms with E-state index in [1.807, 2.05) is 4.90 Å².